The molecule has 0 aliphatic heterocycles. The van der Waals surface area contributed by atoms with Gasteiger partial charge in [-0.15, -0.1) is 0 Å². The van der Waals surface area contributed by atoms with Crippen LogP contribution in [0.25, 0.3) is 0 Å². The molecule has 1 aliphatic carbocycles. The molecule has 6 nitrogen and oxygen atoms in total. The second-order valence-corrected chi connectivity index (χ2v) is 4.19. The van der Waals surface area contributed by atoms with Gasteiger partial charge in [0.1, 0.15) is 6.61 Å². The third-order valence-electron chi connectivity index (χ3n) is 2.81. The molecule has 0 bridgehead atoms. The van der Waals surface area contributed by atoms with Gasteiger partial charge in [0.15, 0.2) is 5.60 Å². The predicted octanol–water partition coefficient (Wildman–Crippen LogP) is 0.501. The number of nitrogens with one attached hydrogen (secondary N) is 1. The SMILES string of the molecule is O=C(NC1CC1(O)C(=O)O)OCc1ccccc1. The van der Waals surface area contributed by atoms with Gasteiger partial charge in [-0.2, -0.15) is 0 Å². The molecular weight excluding hydrogens is 238 g/mol. The van der Waals surface area contributed by atoms with Crippen LogP contribution in [-0.2, 0) is 16.1 Å². The average molecular weight is 251 g/mol. The normalized spacial score (nSPS) is 25.3. The molecule has 6 heteroatoms. The van der Waals surface area contributed by atoms with Gasteiger partial charge in [-0.05, 0) is 5.56 Å². The summed E-state index contributed by atoms with van der Waals surface area (Å²) in [6.45, 7) is 0.102. The number of rotatable bonds is 4. The second kappa shape index (κ2) is 4.66. The summed E-state index contributed by atoms with van der Waals surface area (Å²) in [6.07, 6.45) is -0.732. The van der Waals surface area contributed by atoms with Gasteiger partial charge in [0.05, 0.1) is 6.04 Å². The molecule has 1 fully saturated rings. The molecule has 1 aromatic rings. The maximum absolute atomic E-state index is 11.3. The van der Waals surface area contributed by atoms with Crippen molar-refractivity contribution in [3.63, 3.8) is 0 Å². The molecule has 1 aromatic carbocycles. The van der Waals surface area contributed by atoms with Gasteiger partial charge in [0.25, 0.3) is 0 Å². The lowest BCUT2D eigenvalue weighted by atomic mass is 10.2. The van der Waals surface area contributed by atoms with Crippen LogP contribution in [-0.4, -0.2) is 33.9 Å². The molecule has 0 radical (unpaired) electrons. The summed E-state index contributed by atoms with van der Waals surface area (Å²) in [5.74, 6) is -1.34. The summed E-state index contributed by atoms with van der Waals surface area (Å²) < 4.78 is 4.90. The summed E-state index contributed by atoms with van der Waals surface area (Å²) in [6, 6.07) is 8.32. The van der Waals surface area contributed by atoms with Crippen molar-refractivity contribution in [1.29, 1.82) is 0 Å². The summed E-state index contributed by atoms with van der Waals surface area (Å²) in [5, 5.41) is 20.4. The molecule has 1 amide bonds. The first-order chi connectivity index (χ1) is 8.52. The molecule has 2 unspecified atom stereocenters. The zero-order valence-corrected chi connectivity index (χ0v) is 9.50. The Bertz CT molecular complexity index is 461. The van der Waals surface area contributed by atoms with Crippen molar-refractivity contribution in [2.24, 2.45) is 0 Å². The highest BCUT2D eigenvalue weighted by atomic mass is 16.5. The van der Waals surface area contributed by atoms with Crippen LogP contribution in [0.2, 0.25) is 0 Å². The number of aliphatic hydroxyl groups is 1. The second-order valence-electron chi connectivity index (χ2n) is 4.19. The topological polar surface area (TPSA) is 95.9 Å². The number of carboxylic acid groups (broad SMARTS) is 1. The van der Waals surface area contributed by atoms with Gasteiger partial charge in [-0.3, -0.25) is 0 Å². The molecule has 96 valence electrons. The van der Waals surface area contributed by atoms with E-state index in [0.29, 0.717) is 0 Å². The Balaban J connectivity index is 1.76. The molecule has 18 heavy (non-hydrogen) atoms. The number of alkyl carbamates (subject to hydrolysis) is 1. The molecule has 0 heterocycles. The number of hydrogen-bond acceptors (Lipinski definition) is 4. The van der Waals surface area contributed by atoms with E-state index in [9.17, 15) is 14.7 Å². The minimum absolute atomic E-state index is 0.00275. The van der Waals surface area contributed by atoms with E-state index in [-0.39, 0.29) is 13.0 Å². The van der Waals surface area contributed by atoms with Gasteiger partial charge < -0.3 is 20.3 Å². The van der Waals surface area contributed by atoms with E-state index < -0.39 is 23.7 Å². The van der Waals surface area contributed by atoms with E-state index >= 15 is 0 Å². The minimum atomic E-state index is -1.84. The highest BCUT2D eigenvalue weighted by Crippen LogP contribution is 2.36. The fourth-order valence-electron chi connectivity index (χ4n) is 1.57. The Morgan fingerprint density at radius 3 is 2.61 bits per heavy atom. The molecule has 2 atom stereocenters. The Hall–Kier alpha value is -2.08. The first-order valence-electron chi connectivity index (χ1n) is 5.45. The van der Waals surface area contributed by atoms with Crippen LogP contribution in [0.15, 0.2) is 30.3 Å². The molecule has 3 N–H and O–H groups in total. The lowest BCUT2D eigenvalue weighted by Gasteiger charge is -2.08. The lowest BCUT2D eigenvalue weighted by molar-refractivity contribution is -0.149. The largest absolute Gasteiger partial charge is 0.479 e. The average Bonchev–Trinajstić information content (AvgIpc) is 3.00. The van der Waals surface area contributed by atoms with Crippen molar-refractivity contribution in [3.05, 3.63) is 35.9 Å². The van der Waals surface area contributed by atoms with E-state index in [1.807, 2.05) is 18.2 Å². The zero-order valence-electron chi connectivity index (χ0n) is 9.50. The van der Waals surface area contributed by atoms with Crippen molar-refractivity contribution >= 4 is 12.1 Å². The quantitative estimate of drug-likeness (QED) is 0.724. The van der Waals surface area contributed by atoms with Crippen LogP contribution in [0.3, 0.4) is 0 Å². The van der Waals surface area contributed by atoms with Crippen LogP contribution in [0, 0.1) is 0 Å². The first-order valence-corrected chi connectivity index (χ1v) is 5.45. The van der Waals surface area contributed by atoms with Crippen molar-refractivity contribution in [2.45, 2.75) is 24.7 Å². The monoisotopic (exact) mass is 251 g/mol. The summed E-state index contributed by atoms with van der Waals surface area (Å²) in [4.78, 5) is 22.0. The smallest absolute Gasteiger partial charge is 0.407 e. The summed E-state index contributed by atoms with van der Waals surface area (Å²) in [5.41, 5.74) is -1.01. The third kappa shape index (κ3) is 2.60. The van der Waals surface area contributed by atoms with Crippen LogP contribution >= 0.6 is 0 Å². The number of carbonyl (C=O) groups excluding carboxylic acids is 1. The van der Waals surface area contributed by atoms with Gasteiger partial charge in [0.2, 0.25) is 0 Å². The minimum Gasteiger partial charge on any atom is -0.479 e. The third-order valence-corrected chi connectivity index (χ3v) is 2.81. The Morgan fingerprint density at radius 1 is 1.39 bits per heavy atom. The maximum Gasteiger partial charge on any atom is 0.407 e. The molecular formula is C12H13NO5. The van der Waals surface area contributed by atoms with E-state index in [1.54, 1.807) is 12.1 Å². The first kappa shape index (κ1) is 12.4. The van der Waals surface area contributed by atoms with Crippen molar-refractivity contribution in [3.8, 4) is 0 Å². The Kier molecular flexibility index (Phi) is 3.20. The predicted molar refractivity (Wildman–Crippen MR) is 60.8 cm³/mol. The number of ether oxygens (including phenoxy) is 1. The molecule has 0 spiro atoms. The molecule has 0 saturated heterocycles. The van der Waals surface area contributed by atoms with Crippen LogP contribution in [0.1, 0.15) is 12.0 Å². The summed E-state index contributed by atoms with van der Waals surface area (Å²) >= 11 is 0. The zero-order chi connectivity index (χ0) is 13.2. The number of aliphatic carboxylic acids is 1. The highest BCUT2D eigenvalue weighted by molar-refractivity contribution is 5.84. The number of carboxylic acids is 1. The number of benzene rings is 1. The van der Waals surface area contributed by atoms with E-state index in [4.69, 9.17) is 9.84 Å². The van der Waals surface area contributed by atoms with E-state index in [2.05, 4.69) is 5.32 Å². The van der Waals surface area contributed by atoms with Gasteiger partial charge in [-0.1, -0.05) is 30.3 Å². The van der Waals surface area contributed by atoms with Gasteiger partial charge in [-0.25, -0.2) is 9.59 Å². The van der Waals surface area contributed by atoms with Crippen LogP contribution in [0.5, 0.6) is 0 Å². The number of carbonyl (C=O) groups is 2. The van der Waals surface area contributed by atoms with Crippen molar-refractivity contribution in [1.82, 2.24) is 5.32 Å². The molecule has 1 saturated carbocycles. The lowest BCUT2D eigenvalue weighted by Crippen LogP contribution is -2.36. The molecule has 0 aromatic heterocycles. The molecule has 1 aliphatic rings. The Labute approximate surface area is 103 Å². The van der Waals surface area contributed by atoms with Crippen LogP contribution in [0.4, 0.5) is 4.79 Å². The maximum atomic E-state index is 11.3. The highest BCUT2D eigenvalue weighted by Gasteiger charge is 2.60. The number of hydrogen-bond donors (Lipinski definition) is 3. The standard InChI is InChI=1S/C12H13NO5/c14-10(15)12(17)6-9(12)13-11(16)18-7-8-4-2-1-3-5-8/h1-5,9,17H,6-7H2,(H,13,16)(H,14,15). The van der Waals surface area contributed by atoms with Crippen LogP contribution < -0.4 is 5.32 Å². The van der Waals surface area contributed by atoms with E-state index in [0.717, 1.165) is 5.56 Å². The van der Waals surface area contributed by atoms with E-state index in [1.165, 1.54) is 0 Å². The van der Waals surface area contributed by atoms with Crippen molar-refractivity contribution in [2.75, 3.05) is 0 Å². The summed E-state index contributed by atoms with van der Waals surface area (Å²) in [7, 11) is 0. The number of amides is 1. The van der Waals surface area contributed by atoms with Gasteiger partial charge in [0, 0.05) is 6.42 Å². The van der Waals surface area contributed by atoms with Crippen molar-refractivity contribution < 1.29 is 24.5 Å². The van der Waals surface area contributed by atoms with Gasteiger partial charge >= 0.3 is 12.1 Å². The Morgan fingerprint density at radius 2 is 2.06 bits per heavy atom. The fourth-order valence-corrected chi connectivity index (χ4v) is 1.57. The fraction of sp³-hybridized carbons (Fsp3) is 0.333. The molecule has 2 rings (SSSR count).